The summed E-state index contributed by atoms with van der Waals surface area (Å²) in [6.45, 7) is 1.50. The summed E-state index contributed by atoms with van der Waals surface area (Å²) in [4.78, 5) is 7.61. The van der Waals surface area contributed by atoms with Crippen molar-refractivity contribution in [2.24, 2.45) is 0 Å². The molecule has 0 spiro atoms. The van der Waals surface area contributed by atoms with Crippen molar-refractivity contribution in [2.45, 2.75) is 23.1 Å². The summed E-state index contributed by atoms with van der Waals surface area (Å²) in [6.07, 6.45) is 1.13. The highest BCUT2D eigenvalue weighted by Gasteiger charge is 2.34. The maximum absolute atomic E-state index is 14.1. The Balaban J connectivity index is 1.51. The molecule has 0 amide bonds. The molecule has 0 bridgehead atoms. The van der Waals surface area contributed by atoms with Gasteiger partial charge in [0.2, 0.25) is 21.1 Å². The molecule has 1 aliphatic rings. The van der Waals surface area contributed by atoms with E-state index in [0.717, 1.165) is 4.31 Å². The zero-order chi connectivity index (χ0) is 23.0. The zero-order valence-corrected chi connectivity index (χ0v) is 18.6. The number of benzene rings is 1. The minimum Gasteiger partial charge on any atom is -0.475 e. The molecule has 0 saturated carbocycles. The van der Waals surface area contributed by atoms with Gasteiger partial charge < -0.3 is 9.47 Å². The van der Waals surface area contributed by atoms with E-state index in [9.17, 15) is 21.6 Å². The summed E-state index contributed by atoms with van der Waals surface area (Å²) >= 11 is 1.34. The van der Waals surface area contributed by atoms with E-state index < -0.39 is 38.5 Å². The molecule has 1 saturated heterocycles. The van der Waals surface area contributed by atoms with Gasteiger partial charge >= 0.3 is 0 Å². The predicted molar refractivity (Wildman–Crippen MR) is 108 cm³/mol. The minimum absolute atomic E-state index is 0.0171. The van der Waals surface area contributed by atoms with Crippen LogP contribution in [0.15, 0.2) is 28.3 Å². The Hall–Kier alpha value is -2.42. The maximum atomic E-state index is 14.1. The van der Waals surface area contributed by atoms with E-state index in [4.69, 9.17) is 9.47 Å². The smallest absolute Gasteiger partial charge is 0.256 e. The van der Waals surface area contributed by atoms with Crippen molar-refractivity contribution < 1.29 is 31.1 Å². The zero-order valence-electron chi connectivity index (χ0n) is 17.0. The number of aromatic nitrogens is 4. The first kappa shape index (κ1) is 22.8. The van der Waals surface area contributed by atoms with Crippen LogP contribution in [0.5, 0.6) is 5.88 Å². The average Bonchev–Trinajstić information content (AvgIpc) is 3.19. The Labute approximate surface area is 185 Å². The number of hydrogen-bond acceptors (Lipinski definition) is 8. The number of ether oxygens (including phenoxy) is 2. The van der Waals surface area contributed by atoms with Gasteiger partial charge in [0, 0.05) is 24.8 Å². The summed E-state index contributed by atoms with van der Waals surface area (Å²) in [7, 11) is -4.41. The van der Waals surface area contributed by atoms with E-state index in [1.54, 1.807) is 13.0 Å². The number of aryl methyl sites for hydroxylation is 1. The van der Waals surface area contributed by atoms with Crippen LogP contribution in [-0.2, 0) is 14.8 Å². The minimum atomic E-state index is -4.41. The van der Waals surface area contributed by atoms with Crippen molar-refractivity contribution in [1.29, 1.82) is 0 Å². The second kappa shape index (κ2) is 8.84. The molecule has 1 atom stereocenters. The topological polar surface area (TPSA) is 98.9 Å². The number of sulfonamides is 1. The van der Waals surface area contributed by atoms with E-state index in [1.807, 2.05) is 6.26 Å². The normalized spacial score (nSPS) is 17.7. The van der Waals surface area contributed by atoms with E-state index in [-0.39, 0.29) is 26.3 Å². The van der Waals surface area contributed by atoms with Gasteiger partial charge in [0.1, 0.15) is 17.6 Å². The highest BCUT2D eigenvalue weighted by Crippen LogP contribution is 2.25. The first-order chi connectivity index (χ1) is 15.2. The summed E-state index contributed by atoms with van der Waals surface area (Å²) in [5.74, 6) is -4.36. The third kappa shape index (κ3) is 4.27. The lowest BCUT2D eigenvalue weighted by molar-refractivity contribution is -0.0261. The van der Waals surface area contributed by atoms with Crippen LogP contribution in [-0.4, -0.2) is 71.0 Å². The standard InChI is InChI=1S/C18H18F3N5O4S2/c1-10-7-14(26-17(22-10)23-18(24-26)31-2)30-9-11-8-25(5-6-29-11)32(27,28)13-4-3-12(19)15(20)16(13)21/h3-4,7,11H,5-6,8-9H2,1-2H3. The molecule has 0 aliphatic carbocycles. The van der Waals surface area contributed by atoms with E-state index in [0.29, 0.717) is 34.6 Å². The predicted octanol–water partition coefficient (Wildman–Crippen LogP) is 2.04. The Bertz CT molecular complexity index is 1270. The number of rotatable bonds is 6. The van der Waals surface area contributed by atoms with Gasteiger partial charge in [-0.05, 0) is 25.3 Å². The average molecular weight is 490 g/mol. The molecule has 1 aromatic carbocycles. The molecular formula is C18H18F3N5O4S2. The van der Waals surface area contributed by atoms with Crippen LogP contribution in [0.4, 0.5) is 13.2 Å². The lowest BCUT2D eigenvalue weighted by Crippen LogP contribution is -2.47. The van der Waals surface area contributed by atoms with Crippen molar-refractivity contribution in [3.05, 3.63) is 41.3 Å². The van der Waals surface area contributed by atoms with Crippen molar-refractivity contribution in [3.8, 4) is 5.88 Å². The summed E-state index contributed by atoms with van der Waals surface area (Å²) in [5, 5.41) is 4.79. The molecule has 1 unspecified atom stereocenters. The third-order valence-electron chi connectivity index (χ3n) is 4.71. The van der Waals surface area contributed by atoms with E-state index in [1.165, 1.54) is 16.3 Å². The van der Waals surface area contributed by atoms with Crippen LogP contribution in [0, 0.1) is 24.4 Å². The maximum Gasteiger partial charge on any atom is 0.256 e. The summed E-state index contributed by atoms with van der Waals surface area (Å²) < 4.78 is 80.2. The van der Waals surface area contributed by atoms with Crippen LogP contribution < -0.4 is 4.74 Å². The molecule has 0 radical (unpaired) electrons. The van der Waals surface area contributed by atoms with Crippen molar-refractivity contribution in [3.63, 3.8) is 0 Å². The second-order valence-electron chi connectivity index (χ2n) is 6.89. The number of halogens is 3. The van der Waals surface area contributed by atoms with Gasteiger partial charge in [0.15, 0.2) is 17.5 Å². The molecular weight excluding hydrogens is 471 g/mol. The molecule has 4 rings (SSSR count). The number of fused-ring (bicyclic) bond motifs is 1. The van der Waals surface area contributed by atoms with Crippen LogP contribution >= 0.6 is 11.8 Å². The number of morpholine rings is 1. The fraction of sp³-hybridized carbons (Fsp3) is 0.389. The molecule has 14 heteroatoms. The first-order valence-corrected chi connectivity index (χ1v) is 12.0. The van der Waals surface area contributed by atoms with Gasteiger partial charge in [-0.25, -0.2) is 26.6 Å². The lowest BCUT2D eigenvalue weighted by atomic mass is 10.3. The summed E-state index contributed by atoms with van der Waals surface area (Å²) in [6, 6.07) is 2.93. The van der Waals surface area contributed by atoms with Gasteiger partial charge in [-0.15, -0.1) is 5.10 Å². The molecule has 2 aromatic heterocycles. The molecule has 3 heterocycles. The fourth-order valence-electron chi connectivity index (χ4n) is 3.16. The van der Waals surface area contributed by atoms with Crippen LogP contribution in [0.1, 0.15) is 5.69 Å². The quantitative estimate of drug-likeness (QED) is 0.383. The van der Waals surface area contributed by atoms with Gasteiger partial charge in [0.25, 0.3) is 5.78 Å². The Morgan fingerprint density at radius 1 is 1.25 bits per heavy atom. The second-order valence-corrected chi connectivity index (χ2v) is 9.57. The fourth-order valence-corrected chi connectivity index (χ4v) is 5.01. The van der Waals surface area contributed by atoms with Gasteiger partial charge in [-0.2, -0.15) is 13.8 Å². The van der Waals surface area contributed by atoms with Gasteiger partial charge in [0.05, 0.1) is 6.61 Å². The molecule has 1 fully saturated rings. The molecule has 1 aliphatic heterocycles. The largest absolute Gasteiger partial charge is 0.475 e. The van der Waals surface area contributed by atoms with Crippen LogP contribution in [0.25, 0.3) is 5.78 Å². The van der Waals surface area contributed by atoms with Crippen molar-refractivity contribution in [1.82, 2.24) is 23.9 Å². The Morgan fingerprint density at radius 3 is 2.78 bits per heavy atom. The molecule has 9 nitrogen and oxygen atoms in total. The Morgan fingerprint density at radius 2 is 2.03 bits per heavy atom. The number of nitrogens with zero attached hydrogens (tertiary/aromatic N) is 5. The number of hydrogen-bond donors (Lipinski definition) is 0. The third-order valence-corrected chi connectivity index (χ3v) is 7.13. The van der Waals surface area contributed by atoms with Crippen molar-refractivity contribution >= 4 is 27.6 Å². The monoisotopic (exact) mass is 489 g/mol. The van der Waals surface area contributed by atoms with Crippen LogP contribution in [0.3, 0.4) is 0 Å². The van der Waals surface area contributed by atoms with Gasteiger partial charge in [-0.1, -0.05) is 11.8 Å². The van der Waals surface area contributed by atoms with Crippen LogP contribution in [0.2, 0.25) is 0 Å². The highest BCUT2D eigenvalue weighted by molar-refractivity contribution is 7.98. The van der Waals surface area contributed by atoms with E-state index in [2.05, 4.69) is 15.1 Å². The molecule has 3 aromatic rings. The molecule has 32 heavy (non-hydrogen) atoms. The Kier molecular flexibility index (Phi) is 6.29. The first-order valence-electron chi connectivity index (χ1n) is 9.37. The number of thioether (sulfide) groups is 1. The SMILES string of the molecule is CSc1nc2nc(C)cc(OCC3CN(S(=O)(=O)c4ccc(F)c(F)c4F)CCO3)n2n1. The highest BCUT2D eigenvalue weighted by atomic mass is 32.2. The van der Waals surface area contributed by atoms with Crippen molar-refractivity contribution in [2.75, 3.05) is 32.6 Å². The molecule has 172 valence electrons. The molecule has 0 N–H and O–H groups in total. The summed E-state index contributed by atoms with van der Waals surface area (Å²) in [5.41, 5.74) is 0.648. The van der Waals surface area contributed by atoms with Gasteiger partial charge in [-0.3, -0.25) is 0 Å². The lowest BCUT2D eigenvalue weighted by Gasteiger charge is -2.32. The van der Waals surface area contributed by atoms with E-state index >= 15 is 0 Å².